The number of nitro benzene ring substituents is 1. The Balaban J connectivity index is 1.33. The Morgan fingerprint density at radius 3 is 2.39 bits per heavy atom. The van der Waals surface area contributed by atoms with Crippen LogP contribution in [0.4, 0.5) is 11.4 Å². The summed E-state index contributed by atoms with van der Waals surface area (Å²) < 4.78 is 0. The van der Waals surface area contributed by atoms with Gasteiger partial charge in [-0.2, -0.15) is 0 Å². The van der Waals surface area contributed by atoms with Crippen molar-refractivity contribution in [1.82, 2.24) is 10.6 Å². The van der Waals surface area contributed by atoms with E-state index >= 15 is 0 Å². The number of amides is 1. The van der Waals surface area contributed by atoms with Crippen LogP contribution in [0.25, 0.3) is 0 Å². The van der Waals surface area contributed by atoms with Crippen LogP contribution in [0.1, 0.15) is 44.1 Å². The number of nitro groups is 1. The minimum Gasteiger partial charge on any atom is -0.370 e. The molecule has 0 bridgehead atoms. The molecule has 4 rings (SSSR count). The topological polar surface area (TPSA) is 87.5 Å². The van der Waals surface area contributed by atoms with Gasteiger partial charge in [-0.15, -0.1) is 0 Å². The van der Waals surface area contributed by atoms with Gasteiger partial charge in [0.1, 0.15) is 7.85 Å². The van der Waals surface area contributed by atoms with Crippen molar-refractivity contribution in [1.29, 1.82) is 0 Å². The fourth-order valence-corrected chi connectivity index (χ4v) is 5.09. The van der Waals surface area contributed by atoms with Gasteiger partial charge in [0.15, 0.2) is 0 Å². The van der Waals surface area contributed by atoms with E-state index in [9.17, 15) is 14.9 Å². The van der Waals surface area contributed by atoms with E-state index in [0.717, 1.165) is 56.4 Å². The van der Waals surface area contributed by atoms with Crippen LogP contribution in [0.15, 0.2) is 48.5 Å². The summed E-state index contributed by atoms with van der Waals surface area (Å²) in [4.78, 5) is 25.6. The van der Waals surface area contributed by atoms with E-state index in [0.29, 0.717) is 12.5 Å². The molecule has 1 saturated carbocycles. The lowest BCUT2D eigenvalue weighted by molar-refractivity contribution is -0.384. The maximum Gasteiger partial charge on any atom is 0.269 e. The van der Waals surface area contributed by atoms with Crippen LogP contribution in [0, 0.1) is 10.1 Å². The predicted molar refractivity (Wildman–Crippen MR) is 134 cm³/mol. The Bertz CT molecular complexity index is 951. The monoisotopic (exact) mass is 448 g/mol. The molecule has 174 valence electrons. The quantitative estimate of drug-likeness (QED) is 0.385. The third kappa shape index (κ3) is 6.35. The number of hydrogen-bond donors (Lipinski definition) is 2. The average Bonchev–Trinajstić information content (AvgIpc) is 2.82. The summed E-state index contributed by atoms with van der Waals surface area (Å²) in [6.45, 7) is 1.83. The van der Waals surface area contributed by atoms with Gasteiger partial charge in [0.25, 0.3) is 5.69 Å². The van der Waals surface area contributed by atoms with Crippen LogP contribution < -0.4 is 21.0 Å². The standard InChI is InChI=1S/C25H33BN4O3/c26-19-9-7-18(8-10-19)16-25(31)28-24-6-2-1-5-23(24)27-20-4-3-15-29(17-20)21-11-13-22(14-12-21)30(32)33/h7-14,20,23-24,27H,1-6,15-17,26H2,(H,28,31)/t20?,23-,24-/m1/s1. The van der Waals surface area contributed by atoms with E-state index in [1.165, 1.54) is 11.9 Å². The highest BCUT2D eigenvalue weighted by atomic mass is 16.6. The number of nitrogens with one attached hydrogen (secondary N) is 2. The highest BCUT2D eigenvalue weighted by molar-refractivity contribution is 6.32. The zero-order chi connectivity index (χ0) is 23.2. The predicted octanol–water partition coefficient (Wildman–Crippen LogP) is 2.08. The number of carbonyl (C=O) groups excluding carboxylic acids is 1. The third-order valence-electron chi connectivity index (χ3n) is 6.89. The Labute approximate surface area is 196 Å². The summed E-state index contributed by atoms with van der Waals surface area (Å²) >= 11 is 0. The maximum atomic E-state index is 12.7. The molecule has 1 heterocycles. The summed E-state index contributed by atoms with van der Waals surface area (Å²) in [5.74, 6) is 0.0914. The Hall–Kier alpha value is -2.87. The molecule has 0 aromatic heterocycles. The minimum atomic E-state index is -0.360. The summed E-state index contributed by atoms with van der Waals surface area (Å²) in [6, 6.07) is 15.8. The lowest BCUT2D eigenvalue weighted by Gasteiger charge is -2.40. The highest BCUT2D eigenvalue weighted by Gasteiger charge is 2.30. The number of non-ortho nitro benzene ring substituents is 1. The maximum absolute atomic E-state index is 12.7. The van der Waals surface area contributed by atoms with E-state index in [-0.39, 0.29) is 28.6 Å². The average molecular weight is 448 g/mol. The third-order valence-corrected chi connectivity index (χ3v) is 6.89. The summed E-state index contributed by atoms with van der Waals surface area (Å²) in [6.07, 6.45) is 7.00. The molecule has 2 aromatic carbocycles. The molecular formula is C25H33BN4O3. The number of benzene rings is 2. The second kappa shape index (κ2) is 10.8. The number of hydrogen-bond acceptors (Lipinski definition) is 5. The van der Waals surface area contributed by atoms with Gasteiger partial charge in [0, 0.05) is 49.0 Å². The molecule has 1 aliphatic carbocycles. The van der Waals surface area contributed by atoms with Crippen molar-refractivity contribution in [3.63, 3.8) is 0 Å². The first-order chi connectivity index (χ1) is 16.0. The molecule has 1 unspecified atom stereocenters. The largest absolute Gasteiger partial charge is 0.370 e. The van der Waals surface area contributed by atoms with Crippen LogP contribution in [0.2, 0.25) is 0 Å². The van der Waals surface area contributed by atoms with Gasteiger partial charge in [-0.05, 0) is 43.4 Å². The first-order valence-corrected chi connectivity index (χ1v) is 12.1. The van der Waals surface area contributed by atoms with Crippen molar-refractivity contribution < 1.29 is 9.72 Å². The lowest BCUT2D eigenvalue weighted by atomic mass is 9.88. The SMILES string of the molecule is Bc1ccc(CC(=O)N[C@@H]2CCCC[C@H]2NC2CCCN(c3ccc([N+](=O)[O-])cc3)C2)cc1. The Morgan fingerprint density at radius 1 is 1.00 bits per heavy atom. The normalized spacial score (nSPS) is 23.2. The van der Waals surface area contributed by atoms with Crippen molar-refractivity contribution in [2.24, 2.45) is 0 Å². The van der Waals surface area contributed by atoms with E-state index in [4.69, 9.17) is 0 Å². The van der Waals surface area contributed by atoms with Crippen molar-refractivity contribution in [2.75, 3.05) is 18.0 Å². The molecule has 2 aliphatic rings. The Kier molecular flexibility index (Phi) is 7.65. The Morgan fingerprint density at radius 2 is 1.70 bits per heavy atom. The van der Waals surface area contributed by atoms with E-state index in [1.807, 2.05) is 36.4 Å². The second-order valence-corrected chi connectivity index (χ2v) is 9.45. The van der Waals surface area contributed by atoms with Gasteiger partial charge in [0.05, 0.1) is 11.3 Å². The highest BCUT2D eigenvalue weighted by Crippen LogP contribution is 2.25. The van der Waals surface area contributed by atoms with Crippen molar-refractivity contribution in [3.05, 3.63) is 64.2 Å². The molecule has 33 heavy (non-hydrogen) atoms. The van der Waals surface area contributed by atoms with Gasteiger partial charge >= 0.3 is 0 Å². The summed E-state index contributed by atoms with van der Waals surface area (Å²) in [7, 11) is 2.05. The fourth-order valence-electron chi connectivity index (χ4n) is 5.09. The molecule has 1 amide bonds. The molecule has 0 radical (unpaired) electrons. The molecule has 1 saturated heterocycles. The molecule has 0 spiro atoms. The lowest BCUT2D eigenvalue weighted by Crippen LogP contribution is -2.57. The van der Waals surface area contributed by atoms with E-state index in [2.05, 4.69) is 23.4 Å². The summed E-state index contributed by atoms with van der Waals surface area (Å²) in [5.41, 5.74) is 3.39. The van der Waals surface area contributed by atoms with Crippen molar-refractivity contribution in [2.45, 2.75) is 63.1 Å². The van der Waals surface area contributed by atoms with E-state index in [1.54, 1.807) is 12.1 Å². The van der Waals surface area contributed by atoms with Gasteiger partial charge in [-0.25, -0.2) is 0 Å². The number of anilines is 1. The van der Waals surface area contributed by atoms with Crippen LogP contribution in [0.5, 0.6) is 0 Å². The van der Waals surface area contributed by atoms with Crippen LogP contribution in [-0.4, -0.2) is 49.9 Å². The zero-order valence-corrected chi connectivity index (χ0v) is 19.3. The fraction of sp³-hybridized carbons (Fsp3) is 0.480. The van der Waals surface area contributed by atoms with Gasteiger partial charge in [-0.3, -0.25) is 14.9 Å². The van der Waals surface area contributed by atoms with Crippen LogP contribution in [-0.2, 0) is 11.2 Å². The second-order valence-electron chi connectivity index (χ2n) is 9.45. The number of nitrogens with zero attached hydrogens (tertiary/aromatic N) is 2. The smallest absolute Gasteiger partial charge is 0.269 e. The van der Waals surface area contributed by atoms with Crippen LogP contribution >= 0.6 is 0 Å². The summed E-state index contributed by atoms with van der Waals surface area (Å²) in [5, 5.41) is 18.1. The van der Waals surface area contributed by atoms with Gasteiger partial charge in [0.2, 0.25) is 5.91 Å². The zero-order valence-electron chi connectivity index (χ0n) is 19.3. The van der Waals surface area contributed by atoms with Gasteiger partial charge < -0.3 is 15.5 Å². The number of rotatable bonds is 7. The molecule has 2 aromatic rings. The molecule has 3 atom stereocenters. The van der Waals surface area contributed by atoms with Crippen LogP contribution in [0.3, 0.4) is 0 Å². The minimum absolute atomic E-state index is 0.0914. The molecule has 2 N–H and O–H groups in total. The molecule has 7 nitrogen and oxygen atoms in total. The first kappa shape index (κ1) is 23.3. The molecule has 8 heteroatoms. The van der Waals surface area contributed by atoms with E-state index < -0.39 is 0 Å². The number of carbonyl (C=O) groups is 1. The molecular weight excluding hydrogens is 415 g/mol. The molecule has 1 aliphatic heterocycles. The number of piperidine rings is 1. The van der Waals surface area contributed by atoms with Gasteiger partial charge in [-0.1, -0.05) is 42.6 Å². The van der Waals surface area contributed by atoms with Crippen molar-refractivity contribution in [3.8, 4) is 0 Å². The molecule has 2 fully saturated rings. The van der Waals surface area contributed by atoms with Crippen molar-refractivity contribution >= 4 is 30.6 Å². The first-order valence-electron chi connectivity index (χ1n) is 12.1.